The minimum Gasteiger partial charge on any atom is -0.481 e. The van der Waals surface area contributed by atoms with Gasteiger partial charge in [0.15, 0.2) is 5.79 Å². The molecule has 1 aliphatic carbocycles. The summed E-state index contributed by atoms with van der Waals surface area (Å²) in [4.78, 5) is 22.9. The van der Waals surface area contributed by atoms with Gasteiger partial charge in [-0.2, -0.15) is 5.26 Å². The van der Waals surface area contributed by atoms with Crippen molar-refractivity contribution in [1.82, 2.24) is 0 Å². The molecule has 29 heavy (non-hydrogen) atoms. The van der Waals surface area contributed by atoms with Crippen molar-refractivity contribution in [2.75, 3.05) is 13.2 Å². The van der Waals surface area contributed by atoms with Crippen molar-refractivity contribution in [1.29, 1.82) is 5.26 Å². The van der Waals surface area contributed by atoms with Gasteiger partial charge in [-0.1, -0.05) is 39.0 Å². The second kappa shape index (κ2) is 12.3. The van der Waals surface area contributed by atoms with Crippen LogP contribution in [0.25, 0.3) is 0 Å². The van der Waals surface area contributed by atoms with E-state index in [9.17, 15) is 14.9 Å². The fourth-order valence-corrected chi connectivity index (χ4v) is 5.01. The summed E-state index contributed by atoms with van der Waals surface area (Å²) in [5.41, 5.74) is 0. The van der Waals surface area contributed by atoms with Crippen LogP contribution in [0.1, 0.15) is 90.4 Å². The number of ether oxygens (including phenoxy) is 2. The number of unbranched alkanes of at least 4 members (excludes halogenated alkanes) is 5. The number of hydrogen-bond donors (Lipinski definition) is 1. The van der Waals surface area contributed by atoms with E-state index in [0.29, 0.717) is 44.7 Å². The van der Waals surface area contributed by atoms with Gasteiger partial charge in [-0.25, -0.2) is 0 Å². The number of hydrogen-bond acceptors (Lipinski definition) is 5. The Kier molecular flexibility index (Phi) is 10.1. The van der Waals surface area contributed by atoms with E-state index in [4.69, 9.17) is 14.6 Å². The maximum atomic E-state index is 12.3. The third-order valence-electron chi connectivity index (χ3n) is 6.52. The van der Waals surface area contributed by atoms with E-state index in [0.717, 1.165) is 51.4 Å². The van der Waals surface area contributed by atoms with Gasteiger partial charge in [0.2, 0.25) is 0 Å². The molecule has 0 unspecified atom stereocenters. The fourth-order valence-electron chi connectivity index (χ4n) is 5.01. The average Bonchev–Trinajstić information content (AvgIpc) is 3.28. The van der Waals surface area contributed by atoms with Crippen LogP contribution in [0.15, 0.2) is 0 Å². The predicted molar refractivity (Wildman–Crippen MR) is 109 cm³/mol. The van der Waals surface area contributed by atoms with Crippen molar-refractivity contribution in [2.24, 2.45) is 17.8 Å². The standard InChI is InChI=1S/C23H37NO5/c1-2-3-6-9-19(25)12-13-20-18(17-24)16-23(28-14-15-29-23)21(20)10-7-4-5-8-11-22(26)27/h18,20-21H,2-16H2,1H3,(H,26,27)/t18-,20-,21+/m1/s1. The Morgan fingerprint density at radius 1 is 1.00 bits per heavy atom. The van der Waals surface area contributed by atoms with Crippen LogP contribution in [0, 0.1) is 29.1 Å². The SMILES string of the molecule is CCCCCC(=O)CC[C@@H]1[C@@H](C#N)CC2(OCCO2)[C@H]1CCCCCCC(=O)O. The Morgan fingerprint density at radius 3 is 2.34 bits per heavy atom. The normalized spacial score (nSPS) is 25.3. The number of carbonyl (C=O) groups is 2. The first-order chi connectivity index (χ1) is 14.0. The summed E-state index contributed by atoms with van der Waals surface area (Å²) in [6, 6.07) is 2.46. The largest absolute Gasteiger partial charge is 0.481 e. The molecule has 0 radical (unpaired) electrons. The fraction of sp³-hybridized carbons (Fsp3) is 0.870. The van der Waals surface area contributed by atoms with E-state index in [1.54, 1.807) is 0 Å². The van der Waals surface area contributed by atoms with Crippen LogP contribution in [-0.4, -0.2) is 35.9 Å². The second-order valence-corrected chi connectivity index (χ2v) is 8.60. The number of rotatable bonds is 14. The van der Waals surface area contributed by atoms with Crippen molar-refractivity contribution in [3.63, 3.8) is 0 Å². The maximum Gasteiger partial charge on any atom is 0.303 e. The van der Waals surface area contributed by atoms with E-state index < -0.39 is 11.8 Å². The molecule has 1 heterocycles. The summed E-state index contributed by atoms with van der Waals surface area (Å²) < 4.78 is 12.1. The summed E-state index contributed by atoms with van der Waals surface area (Å²) in [7, 11) is 0. The van der Waals surface area contributed by atoms with Gasteiger partial charge in [0.05, 0.1) is 25.2 Å². The number of nitrogens with zero attached hydrogens (tertiary/aromatic N) is 1. The zero-order valence-corrected chi connectivity index (χ0v) is 17.9. The van der Waals surface area contributed by atoms with E-state index in [2.05, 4.69) is 13.0 Å². The summed E-state index contributed by atoms with van der Waals surface area (Å²) in [5.74, 6) is -0.958. The summed E-state index contributed by atoms with van der Waals surface area (Å²) in [5, 5.41) is 18.5. The van der Waals surface area contributed by atoms with Gasteiger partial charge in [0.1, 0.15) is 5.78 Å². The second-order valence-electron chi connectivity index (χ2n) is 8.60. The van der Waals surface area contributed by atoms with Crippen LogP contribution in [-0.2, 0) is 19.1 Å². The average molecular weight is 408 g/mol. The molecule has 6 nitrogen and oxygen atoms in total. The highest BCUT2D eigenvalue weighted by molar-refractivity contribution is 5.78. The van der Waals surface area contributed by atoms with Gasteiger partial charge in [-0.15, -0.1) is 0 Å². The Hall–Kier alpha value is -1.45. The molecule has 0 amide bonds. The van der Waals surface area contributed by atoms with Crippen molar-refractivity contribution in [3.05, 3.63) is 0 Å². The summed E-state index contributed by atoms with van der Waals surface area (Å²) in [6.45, 7) is 3.26. The van der Waals surface area contributed by atoms with Crippen molar-refractivity contribution in [2.45, 2.75) is 96.2 Å². The van der Waals surface area contributed by atoms with Gasteiger partial charge in [-0.3, -0.25) is 9.59 Å². The molecule has 3 atom stereocenters. The van der Waals surface area contributed by atoms with Crippen LogP contribution < -0.4 is 0 Å². The third-order valence-corrected chi connectivity index (χ3v) is 6.52. The van der Waals surface area contributed by atoms with Crippen LogP contribution in [0.4, 0.5) is 0 Å². The molecule has 164 valence electrons. The monoisotopic (exact) mass is 407 g/mol. The van der Waals surface area contributed by atoms with Crippen LogP contribution in [0.3, 0.4) is 0 Å². The molecule has 2 aliphatic rings. The zero-order valence-electron chi connectivity index (χ0n) is 17.9. The van der Waals surface area contributed by atoms with Crippen LogP contribution in [0.2, 0.25) is 0 Å². The number of nitriles is 1. The number of aliphatic carboxylic acids is 1. The topological polar surface area (TPSA) is 96.6 Å². The molecular weight excluding hydrogens is 370 g/mol. The van der Waals surface area contributed by atoms with Crippen molar-refractivity contribution < 1.29 is 24.2 Å². The zero-order chi connectivity index (χ0) is 21.1. The quantitative estimate of drug-likeness (QED) is 0.413. The number of carboxylic acids is 1. The predicted octanol–water partition coefficient (Wildman–Crippen LogP) is 4.86. The Labute approximate surface area is 174 Å². The number of carbonyl (C=O) groups excluding carboxylic acids is 1. The molecule has 0 aromatic rings. The van der Waals surface area contributed by atoms with Gasteiger partial charge in [-0.05, 0) is 31.6 Å². The van der Waals surface area contributed by atoms with E-state index in [1.807, 2.05) is 0 Å². The highest BCUT2D eigenvalue weighted by atomic mass is 16.7. The van der Waals surface area contributed by atoms with E-state index in [-0.39, 0.29) is 24.2 Å². The Morgan fingerprint density at radius 2 is 1.69 bits per heavy atom. The lowest BCUT2D eigenvalue weighted by atomic mass is 9.81. The van der Waals surface area contributed by atoms with E-state index in [1.165, 1.54) is 0 Å². The smallest absolute Gasteiger partial charge is 0.303 e. The van der Waals surface area contributed by atoms with Gasteiger partial charge in [0.25, 0.3) is 0 Å². The minimum absolute atomic E-state index is 0.131. The van der Waals surface area contributed by atoms with Crippen molar-refractivity contribution in [3.8, 4) is 6.07 Å². The number of Topliss-reactive ketones (excluding diaryl/α,β-unsaturated/α-hetero) is 1. The van der Waals surface area contributed by atoms with Crippen molar-refractivity contribution >= 4 is 11.8 Å². The molecule has 6 heteroatoms. The number of carboxylic acid groups (broad SMARTS) is 1. The Balaban J connectivity index is 1.91. The summed E-state index contributed by atoms with van der Waals surface area (Å²) in [6.07, 6.45) is 10.3. The highest BCUT2D eigenvalue weighted by Gasteiger charge is 2.56. The molecule has 1 saturated heterocycles. The first kappa shape index (κ1) is 23.8. The first-order valence-electron chi connectivity index (χ1n) is 11.4. The maximum absolute atomic E-state index is 12.3. The minimum atomic E-state index is -0.743. The molecule has 2 rings (SSSR count). The molecule has 0 aromatic heterocycles. The third kappa shape index (κ3) is 7.08. The van der Waals surface area contributed by atoms with Gasteiger partial charge < -0.3 is 14.6 Å². The number of ketones is 1. The highest BCUT2D eigenvalue weighted by Crippen LogP contribution is 2.52. The molecule has 1 saturated carbocycles. The molecule has 1 aliphatic heterocycles. The van der Waals surface area contributed by atoms with E-state index >= 15 is 0 Å². The first-order valence-corrected chi connectivity index (χ1v) is 11.4. The van der Waals surface area contributed by atoms with Crippen LogP contribution in [0.5, 0.6) is 0 Å². The van der Waals surface area contributed by atoms with Gasteiger partial charge in [0, 0.05) is 31.6 Å². The van der Waals surface area contributed by atoms with Gasteiger partial charge >= 0.3 is 5.97 Å². The molecule has 1 spiro atoms. The Bertz CT molecular complexity index is 564. The molecule has 0 aromatic carbocycles. The lowest BCUT2D eigenvalue weighted by Gasteiger charge is -2.32. The lowest BCUT2D eigenvalue weighted by Crippen LogP contribution is -2.36. The lowest BCUT2D eigenvalue weighted by molar-refractivity contribution is -0.188. The molecule has 0 bridgehead atoms. The molecule has 2 fully saturated rings. The molecule has 1 N–H and O–H groups in total. The summed E-state index contributed by atoms with van der Waals surface area (Å²) >= 11 is 0. The van der Waals surface area contributed by atoms with Crippen LogP contribution >= 0.6 is 0 Å². The molecular formula is C23H37NO5.